The highest BCUT2D eigenvalue weighted by Crippen LogP contribution is 2.14. The zero-order chi connectivity index (χ0) is 19.7. The quantitative estimate of drug-likeness (QED) is 0.574. The zero-order valence-electron chi connectivity index (χ0n) is 17.0. The van der Waals surface area contributed by atoms with Gasteiger partial charge in [0.1, 0.15) is 5.75 Å². The lowest BCUT2D eigenvalue weighted by Crippen LogP contribution is -2.36. The highest BCUT2D eigenvalue weighted by molar-refractivity contribution is 5.79. The van der Waals surface area contributed by atoms with E-state index in [1.165, 1.54) is 11.1 Å². The molecule has 2 rings (SSSR count). The fourth-order valence-electron chi connectivity index (χ4n) is 2.50. The molecule has 0 unspecified atom stereocenters. The summed E-state index contributed by atoms with van der Waals surface area (Å²) in [7, 11) is 3.45. The normalized spacial score (nSPS) is 12.0. The van der Waals surface area contributed by atoms with E-state index in [0.29, 0.717) is 19.7 Å². The monoisotopic (exact) mass is 369 g/mol. The van der Waals surface area contributed by atoms with E-state index < -0.39 is 0 Å². The second-order valence-corrected chi connectivity index (χ2v) is 7.35. The minimum atomic E-state index is -0.139. The number of benzene rings is 2. The van der Waals surface area contributed by atoms with Crippen molar-refractivity contribution < 1.29 is 9.47 Å². The number of hydrogen-bond donors (Lipinski definition) is 2. The van der Waals surface area contributed by atoms with Crippen LogP contribution in [0.4, 0.5) is 0 Å². The molecule has 27 heavy (non-hydrogen) atoms. The molecule has 5 heteroatoms. The molecule has 0 saturated heterocycles. The van der Waals surface area contributed by atoms with Gasteiger partial charge in [0.05, 0.1) is 19.3 Å². The Labute approximate surface area is 162 Å². The first kappa shape index (κ1) is 20.8. The van der Waals surface area contributed by atoms with Crippen molar-refractivity contribution in [3.63, 3.8) is 0 Å². The Kier molecular flexibility index (Phi) is 7.67. The topological polar surface area (TPSA) is 54.9 Å². The van der Waals surface area contributed by atoms with Crippen LogP contribution in [0.2, 0.25) is 0 Å². The molecule has 0 radical (unpaired) electrons. The summed E-state index contributed by atoms with van der Waals surface area (Å²) in [5.41, 5.74) is 3.36. The van der Waals surface area contributed by atoms with E-state index >= 15 is 0 Å². The van der Waals surface area contributed by atoms with Crippen molar-refractivity contribution in [3.8, 4) is 5.75 Å². The van der Waals surface area contributed by atoms with Crippen LogP contribution in [0.3, 0.4) is 0 Å². The van der Waals surface area contributed by atoms with E-state index in [9.17, 15) is 0 Å². The molecule has 0 amide bonds. The summed E-state index contributed by atoms with van der Waals surface area (Å²) in [6, 6.07) is 16.4. The molecule has 2 aromatic carbocycles. The van der Waals surface area contributed by atoms with Crippen LogP contribution in [-0.2, 0) is 24.4 Å². The van der Waals surface area contributed by atoms with Crippen molar-refractivity contribution in [1.29, 1.82) is 0 Å². The van der Waals surface area contributed by atoms with E-state index in [-0.39, 0.29) is 5.60 Å². The molecule has 0 bridgehead atoms. The third-order valence-electron chi connectivity index (χ3n) is 3.94. The molecular weight excluding hydrogens is 338 g/mol. The highest BCUT2D eigenvalue weighted by Gasteiger charge is 2.10. The average molecular weight is 370 g/mol. The fourth-order valence-corrected chi connectivity index (χ4v) is 2.50. The van der Waals surface area contributed by atoms with Crippen LogP contribution in [0.1, 0.15) is 37.5 Å². The molecule has 0 aliphatic rings. The number of nitrogens with one attached hydrogen (secondary N) is 2. The van der Waals surface area contributed by atoms with Gasteiger partial charge in [0.2, 0.25) is 0 Å². The second kappa shape index (κ2) is 9.97. The number of hydrogen-bond acceptors (Lipinski definition) is 3. The van der Waals surface area contributed by atoms with Gasteiger partial charge >= 0.3 is 0 Å². The molecule has 5 nitrogen and oxygen atoms in total. The molecule has 0 fully saturated rings. The molecule has 146 valence electrons. The average Bonchev–Trinajstić information content (AvgIpc) is 2.66. The van der Waals surface area contributed by atoms with Crippen molar-refractivity contribution in [3.05, 3.63) is 65.2 Å². The van der Waals surface area contributed by atoms with Gasteiger partial charge in [-0.25, -0.2) is 0 Å². The van der Waals surface area contributed by atoms with Crippen molar-refractivity contribution >= 4 is 5.96 Å². The smallest absolute Gasteiger partial charge is 0.191 e. The maximum Gasteiger partial charge on any atom is 0.191 e. The van der Waals surface area contributed by atoms with E-state index in [0.717, 1.165) is 17.3 Å². The van der Waals surface area contributed by atoms with Crippen molar-refractivity contribution in [1.82, 2.24) is 10.6 Å². The first-order chi connectivity index (χ1) is 12.9. The van der Waals surface area contributed by atoms with Crippen LogP contribution in [0, 0.1) is 0 Å². The molecule has 0 spiro atoms. The van der Waals surface area contributed by atoms with Gasteiger partial charge in [-0.15, -0.1) is 0 Å². The Morgan fingerprint density at radius 2 is 1.52 bits per heavy atom. The largest absolute Gasteiger partial charge is 0.497 e. The van der Waals surface area contributed by atoms with Gasteiger partial charge in [-0.05, 0) is 49.6 Å². The first-order valence-corrected chi connectivity index (χ1v) is 9.19. The number of nitrogens with zero attached hydrogens (tertiary/aromatic N) is 1. The molecule has 2 aromatic rings. The molecule has 0 aliphatic carbocycles. The summed E-state index contributed by atoms with van der Waals surface area (Å²) in [5, 5.41) is 6.68. The number of methoxy groups -OCH3 is 1. The Hall–Kier alpha value is -2.53. The van der Waals surface area contributed by atoms with Gasteiger partial charge in [-0.1, -0.05) is 36.4 Å². The fraction of sp³-hybridized carbons (Fsp3) is 0.409. The minimum Gasteiger partial charge on any atom is -0.497 e. The Balaban J connectivity index is 1.86. The van der Waals surface area contributed by atoms with E-state index in [1.807, 2.05) is 18.2 Å². The van der Waals surface area contributed by atoms with Crippen molar-refractivity contribution in [2.24, 2.45) is 4.99 Å². The molecule has 0 aliphatic heterocycles. The standard InChI is InChI=1S/C22H31N3O2/c1-22(2,3)27-16-19-10-6-8-17(12-19)14-24-21(23-4)25-15-18-9-7-11-20(13-18)26-5/h6-13H,14-16H2,1-5H3,(H2,23,24,25). The zero-order valence-corrected chi connectivity index (χ0v) is 17.0. The molecule has 0 atom stereocenters. The van der Waals surface area contributed by atoms with Crippen LogP contribution in [0.5, 0.6) is 5.75 Å². The van der Waals surface area contributed by atoms with Gasteiger partial charge in [0, 0.05) is 20.1 Å². The van der Waals surface area contributed by atoms with Gasteiger partial charge in [0.15, 0.2) is 5.96 Å². The van der Waals surface area contributed by atoms with Gasteiger partial charge in [-0.3, -0.25) is 4.99 Å². The first-order valence-electron chi connectivity index (χ1n) is 9.19. The summed E-state index contributed by atoms with van der Waals surface area (Å²) in [5.74, 6) is 1.61. The molecular formula is C22H31N3O2. The third-order valence-corrected chi connectivity index (χ3v) is 3.94. The second-order valence-electron chi connectivity index (χ2n) is 7.35. The summed E-state index contributed by atoms with van der Waals surface area (Å²) in [4.78, 5) is 4.29. The van der Waals surface area contributed by atoms with Crippen LogP contribution >= 0.6 is 0 Å². The summed E-state index contributed by atoms with van der Waals surface area (Å²) in [6.45, 7) is 8.18. The number of aliphatic imine (C=N–C) groups is 1. The lowest BCUT2D eigenvalue weighted by molar-refractivity contribution is -0.0149. The number of rotatable bonds is 7. The van der Waals surface area contributed by atoms with Crippen molar-refractivity contribution in [2.75, 3.05) is 14.2 Å². The number of ether oxygens (including phenoxy) is 2. The maximum atomic E-state index is 5.86. The van der Waals surface area contributed by atoms with Crippen molar-refractivity contribution in [2.45, 2.75) is 46.1 Å². The summed E-state index contributed by atoms with van der Waals surface area (Å²) < 4.78 is 11.1. The third kappa shape index (κ3) is 7.71. The van der Waals surface area contributed by atoms with E-state index in [1.54, 1.807) is 14.2 Å². The molecule has 0 heterocycles. The Morgan fingerprint density at radius 3 is 2.11 bits per heavy atom. The van der Waals surface area contributed by atoms with Crippen LogP contribution in [-0.4, -0.2) is 25.7 Å². The van der Waals surface area contributed by atoms with Crippen LogP contribution < -0.4 is 15.4 Å². The molecule has 0 aromatic heterocycles. The predicted molar refractivity (Wildman–Crippen MR) is 111 cm³/mol. The summed E-state index contributed by atoms with van der Waals surface area (Å²) in [6.07, 6.45) is 0. The Morgan fingerprint density at radius 1 is 0.926 bits per heavy atom. The predicted octanol–water partition coefficient (Wildman–Crippen LogP) is 3.88. The van der Waals surface area contributed by atoms with Gasteiger partial charge < -0.3 is 20.1 Å². The lowest BCUT2D eigenvalue weighted by atomic mass is 10.1. The number of guanidine groups is 1. The van der Waals surface area contributed by atoms with E-state index in [2.05, 4.69) is 66.7 Å². The van der Waals surface area contributed by atoms with Crippen LogP contribution in [0.25, 0.3) is 0 Å². The summed E-state index contributed by atoms with van der Waals surface area (Å²) >= 11 is 0. The Bertz CT molecular complexity index is 751. The van der Waals surface area contributed by atoms with Crippen LogP contribution in [0.15, 0.2) is 53.5 Å². The molecule has 2 N–H and O–H groups in total. The van der Waals surface area contributed by atoms with E-state index in [4.69, 9.17) is 9.47 Å². The SMILES string of the molecule is CN=C(NCc1cccc(COC(C)(C)C)c1)NCc1cccc(OC)c1. The van der Waals surface area contributed by atoms with Gasteiger partial charge in [-0.2, -0.15) is 0 Å². The van der Waals surface area contributed by atoms with Gasteiger partial charge in [0.25, 0.3) is 0 Å². The highest BCUT2D eigenvalue weighted by atomic mass is 16.5. The molecule has 0 saturated carbocycles. The lowest BCUT2D eigenvalue weighted by Gasteiger charge is -2.19. The minimum absolute atomic E-state index is 0.139. The maximum absolute atomic E-state index is 5.86.